The van der Waals surface area contributed by atoms with E-state index in [0.717, 1.165) is 18.5 Å². The van der Waals surface area contributed by atoms with Gasteiger partial charge >= 0.3 is 0 Å². The van der Waals surface area contributed by atoms with Gasteiger partial charge in [0.2, 0.25) is 0 Å². The topological polar surface area (TPSA) is 32.3 Å². The van der Waals surface area contributed by atoms with E-state index in [4.69, 9.17) is 0 Å². The normalized spacial score (nSPS) is 12.9. The maximum Gasteiger partial charge on any atom is 0.0914 e. The van der Waals surface area contributed by atoms with Gasteiger partial charge in [-0.3, -0.25) is 0 Å². The Kier molecular flexibility index (Phi) is 7.51. The minimum absolute atomic E-state index is 0.409. The second-order valence-corrected chi connectivity index (χ2v) is 6.88. The predicted octanol–water partition coefficient (Wildman–Crippen LogP) is 3.92. The van der Waals surface area contributed by atoms with Crippen LogP contribution in [0.3, 0.4) is 0 Å². The summed E-state index contributed by atoms with van der Waals surface area (Å²) in [6.07, 6.45) is 1.94. The summed E-state index contributed by atoms with van der Waals surface area (Å²) >= 11 is 1.87. The van der Waals surface area contributed by atoms with E-state index in [9.17, 15) is 5.11 Å². The summed E-state index contributed by atoms with van der Waals surface area (Å²) in [6, 6.07) is 6.28. The minimum atomic E-state index is -0.409. The molecular formula is C16H27NOS. The van der Waals surface area contributed by atoms with Crippen molar-refractivity contribution in [3.8, 4) is 0 Å². The molecule has 0 saturated carbocycles. The van der Waals surface area contributed by atoms with Gasteiger partial charge < -0.3 is 10.4 Å². The highest BCUT2D eigenvalue weighted by Crippen LogP contribution is 2.28. The number of hydrogen-bond donors (Lipinski definition) is 2. The van der Waals surface area contributed by atoms with Gasteiger partial charge in [0.1, 0.15) is 0 Å². The summed E-state index contributed by atoms with van der Waals surface area (Å²) in [4.78, 5) is 1.31. The van der Waals surface area contributed by atoms with E-state index < -0.39 is 6.10 Å². The van der Waals surface area contributed by atoms with E-state index in [2.05, 4.69) is 45.1 Å². The number of nitrogens with one attached hydrogen (secondary N) is 1. The first-order valence-corrected chi connectivity index (χ1v) is 8.08. The van der Waals surface area contributed by atoms with Crippen LogP contribution in [-0.2, 0) is 0 Å². The van der Waals surface area contributed by atoms with Gasteiger partial charge in [0.15, 0.2) is 0 Å². The van der Waals surface area contributed by atoms with E-state index in [1.807, 2.05) is 17.8 Å². The van der Waals surface area contributed by atoms with Crippen LogP contribution >= 0.6 is 11.8 Å². The van der Waals surface area contributed by atoms with Gasteiger partial charge in [0.25, 0.3) is 0 Å². The molecule has 0 aromatic heterocycles. The van der Waals surface area contributed by atoms with Crippen molar-refractivity contribution < 1.29 is 5.11 Å². The fourth-order valence-corrected chi connectivity index (χ4v) is 2.82. The number of benzene rings is 1. The Morgan fingerprint density at radius 3 is 2.63 bits per heavy atom. The number of rotatable bonds is 8. The molecule has 3 heteroatoms. The molecule has 0 aliphatic heterocycles. The molecule has 1 atom stereocenters. The van der Waals surface area contributed by atoms with E-state index in [1.165, 1.54) is 16.9 Å². The Morgan fingerprint density at radius 1 is 1.32 bits per heavy atom. The number of thioether (sulfide) groups is 1. The maximum atomic E-state index is 10.1. The quantitative estimate of drug-likeness (QED) is 0.559. The molecule has 2 nitrogen and oxygen atoms in total. The van der Waals surface area contributed by atoms with Crippen LogP contribution in [0.5, 0.6) is 0 Å². The molecule has 0 aliphatic carbocycles. The third kappa shape index (κ3) is 5.98. The molecular weight excluding hydrogens is 254 g/mol. The lowest BCUT2D eigenvalue weighted by atomic mass is 10.1. The average molecular weight is 281 g/mol. The largest absolute Gasteiger partial charge is 0.387 e. The molecule has 0 heterocycles. The van der Waals surface area contributed by atoms with Gasteiger partial charge in [-0.05, 0) is 37.1 Å². The summed E-state index contributed by atoms with van der Waals surface area (Å²) < 4.78 is 0. The monoisotopic (exact) mass is 281 g/mol. The molecule has 2 N–H and O–H groups in total. The molecule has 0 fully saturated rings. The summed E-state index contributed by atoms with van der Waals surface area (Å²) in [5.74, 6) is 0. The first-order valence-electron chi connectivity index (χ1n) is 7.20. The van der Waals surface area contributed by atoms with Crippen LogP contribution < -0.4 is 5.32 Å². The Hall–Kier alpha value is -0.510. The summed E-state index contributed by atoms with van der Waals surface area (Å²) in [5.41, 5.74) is 2.26. The molecule has 0 radical (unpaired) electrons. The maximum absolute atomic E-state index is 10.1. The molecule has 0 aliphatic rings. The molecule has 0 bridgehead atoms. The van der Waals surface area contributed by atoms with Crippen molar-refractivity contribution in [1.29, 1.82) is 0 Å². The lowest BCUT2D eigenvalue weighted by molar-refractivity contribution is 0.174. The van der Waals surface area contributed by atoms with Crippen molar-refractivity contribution in [2.75, 3.05) is 13.1 Å². The van der Waals surface area contributed by atoms with E-state index in [-0.39, 0.29) is 0 Å². The van der Waals surface area contributed by atoms with Gasteiger partial charge in [-0.25, -0.2) is 0 Å². The Balaban J connectivity index is 2.56. The molecule has 1 aromatic rings. The van der Waals surface area contributed by atoms with Gasteiger partial charge in [-0.1, -0.05) is 39.3 Å². The van der Waals surface area contributed by atoms with Crippen molar-refractivity contribution >= 4 is 11.8 Å². The lowest BCUT2D eigenvalue weighted by Crippen LogP contribution is -2.22. The number of aryl methyl sites for hydroxylation is 1. The zero-order chi connectivity index (χ0) is 14.3. The van der Waals surface area contributed by atoms with Crippen LogP contribution in [0, 0.1) is 6.92 Å². The second kappa shape index (κ2) is 8.62. The standard InChI is InChI=1S/C16H27NOS/c1-5-6-9-17-11-15(18)14-7-8-16(13(4)10-14)19-12(2)3/h7-8,10,12,15,17-18H,5-6,9,11H2,1-4H3. The SMILES string of the molecule is CCCCNCC(O)c1ccc(SC(C)C)c(C)c1. The smallest absolute Gasteiger partial charge is 0.0914 e. The molecule has 0 amide bonds. The van der Waals surface area contributed by atoms with Crippen LogP contribution in [0.4, 0.5) is 0 Å². The molecule has 1 rings (SSSR count). The number of aliphatic hydroxyl groups is 1. The Labute approximate surface area is 122 Å². The molecule has 1 unspecified atom stereocenters. The zero-order valence-electron chi connectivity index (χ0n) is 12.6. The van der Waals surface area contributed by atoms with Crippen LogP contribution in [0.25, 0.3) is 0 Å². The molecule has 0 spiro atoms. The fourth-order valence-electron chi connectivity index (χ4n) is 1.92. The van der Waals surface area contributed by atoms with Gasteiger partial charge in [0.05, 0.1) is 6.10 Å². The number of aliphatic hydroxyl groups excluding tert-OH is 1. The van der Waals surface area contributed by atoms with Gasteiger partial charge in [-0.15, -0.1) is 11.8 Å². The highest BCUT2D eigenvalue weighted by molar-refractivity contribution is 8.00. The summed E-state index contributed by atoms with van der Waals surface area (Å²) in [6.45, 7) is 10.3. The van der Waals surface area contributed by atoms with Crippen LogP contribution in [-0.4, -0.2) is 23.4 Å². The molecule has 0 saturated heterocycles. The summed E-state index contributed by atoms with van der Waals surface area (Å²) in [7, 11) is 0. The van der Waals surface area contributed by atoms with Crippen LogP contribution in [0.1, 0.15) is 50.8 Å². The highest BCUT2D eigenvalue weighted by atomic mass is 32.2. The van der Waals surface area contributed by atoms with E-state index in [0.29, 0.717) is 11.8 Å². The van der Waals surface area contributed by atoms with Crippen molar-refractivity contribution in [2.24, 2.45) is 0 Å². The van der Waals surface area contributed by atoms with Crippen molar-refractivity contribution in [1.82, 2.24) is 5.32 Å². The van der Waals surface area contributed by atoms with Crippen LogP contribution in [0.2, 0.25) is 0 Å². The molecule has 19 heavy (non-hydrogen) atoms. The first-order chi connectivity index (χ1) is 9.04. The minimum Gasteiger partial charge on any atom is -0.387 e. The van der Waals surface area contributed by atoms with Gasteiger partial charge in [0, 0.05) is 16.7 Å². The van der Waals surface area contributed by atoms with Crippen molar-refractivity contribution in [3.63, 3.8) is 0 Å². The number of unbranched alkanes of at least 4 members (excludes halogenated alkanes) is 1. The van der Waals surface area contributed by atoms with Gasteiger partial charge in [-0.2, -0.15) is 0 Å². The van der Waals surface area contributed by atoms with Crippen molar-refractivity contribution in [2.45, 2.75) is 56.8 Å². The summed E-state index contributed by atoms with van der Waals surface area (Å²) in [5, 5.41) is 14.0. The predicted molar refractivity (Wildman–Crippen MR) is 84.9 cm³/mol. The average Bonchev–Trinajstić information content (AvgIpc) is 2.36. The lowest BCUT2D eigenvalue weighted by Gasteiger charge is -2.15. The van der Waals surface area contributed by atoms with Crippen molar-refractivity contribution in [3.05, 3.63) is 29.3 Å². The Bertz CT molecular complexity index is 379. The first kappa shape index (κ1) is 16.5. The molecule has 1 aromatic carbocycles. The van der Waals surface area contributed by atoms with E-state index >= 15 is 0 Å². The second-order valence-electron chi connectivity index (χ2n) is 5.27. The Morgan fingerprint density at radius 2 is 2.05 bits per heavy atom. The highest BCUT2D eigenvalue weighted by Gasteiger charge is 2.09. The number of hydrogen-bond acceptors (Lipinski definition) is 3. The third-order valence-electron chi connectivity index (χ3n) is 2.99. The molecule has 108 valence electrons. The van der Waals surface area contributed by atoms with E-state index in [1.54, 1.807) is 0 Å². The fraction of sp³-hybridized carbons (Fsp3) is 0.625. The third-order valence-corrected chi connectivity index (χ3v) is 4.17. The van der Waals surface area contributed by atoms with Crippen LogP contribution in [0.15, 0.2) is 23.1 Å². The zero-order valence-corrected chi connectivity index (χ0v) is 13.4.